The Kier molecular flexibility index (Phi) is 5.23. The number of nitrogens with zero attached hydrogens (tertiary/aromatic N) is 1. The summed E-state index contributed by atoms with van der Waals surface area (Å²) in [7, 11) is -3.40. The highest BCUT2D eigenvalue weighted by Gasteiger charge is 2.24. The van der Waals surface area contributed by atoms with Gasteiger partial charge in [0.1, 0.15) is 0 Å². The van der Waals surface area contributed by atoms with E-state index in [0.717, 1.165) is 12.1 Å². The van der Waals surface area contributed by atoms with E-state index in [9.17, 15) is 8.42 Å². The predicted octanol–water partition coefficient (Wildman–Crippen LogP) is 2.73. The molecule has 0 aromatic heterocycles. The highest BCUT2D eigenvalue weighted by atomic mass is 79.9. The molecule has 0 heterocycles. The van der Waals surface area contributed by atoms with Gasteiger partial charge < -0.3 is 5.32 Å². The molecule has 0 radical (unpaired) electrons. The second-order valence-corrected chi connectivity index (χ2v) is 7.77. The molecule has 20 heavy (non-hydrogen) atoms. The summed E-state index contributed by atoms with van der Waals surface area (Å²) in [6.07, 6.45) is 2.49. The van der Waals surface area contributed by atoms with E-state index in [1.54, 1.807) is 6.07 Å². The van der Waals surface area contributed by atoms with Crippen LogP contribution in [0.2, 0.25) is 0 Å². The van der Waals surface area contributed by atoms with E-state index in [0.29, 0.717) is 28.5 Å². The van der Waals surface area contributed by atoms with Crippen LogP contribution in [0.3, 0.4) is 0 Å². The third kappa shape index (κ3) is 3.61. The second-order valence-electron chi connectivity index (χ2n) is 5.01. The number of halogens is 1. The number of rotatable bonds is 7. The molecular weight excluding hydrogens is 340 g/mol. The molecule has 6 heteroatoms. The molecule has 0 saturated heterocycles. The van der Waals surface area contributed by atoms with E-state index in [1.165, 1.54) is 17.1 Å². The molecule has 1 fully saturated rings. The fourth-order valence-electron chi connectivity index (χ4n) is 2.12. The minimum Gasteiger partial charge on any atom is -0.310 e. The summed E-state index contributed by atoms with van der Waals surface area (Å²) in [4.78, 5) is 0.344. The van der Waals surface area contributed by atoms with Crippen molar-refractivity contribution >= 4 is 26.0 Å². The normalized spacial score (nSPS) is 15.8. The van der Waals surface area contributed by atoms with E-state index in [-0.39, 0.29) is 0 Å². The Bertz CT molecular complexity index is 567. The number of hydrogen-bond acceptors (Lipinski definition) is 3. The van der Waals surface area contributed by atoms with E-state index in [4.69, 9.17) is 0 Å². The number of sulfonamides is 1. The van der Waals surface area contributed by atoms with Gasteiger partial charge in [0.2, 0.25) is 10.0 Å². The fourth-order valence-corrected chi connectivity index (χ4v) is 4.66. The Hall–Kier alpha value is -0.430. The van der Waals surface area contributed by atoms with E-state index >= 15 is 0 Å². The molecule has 0 bridgehead atoms. The molecule has 4 nitrogen and oxygen atoms in total. The Morgan fingerprint density at radius 2 is 1.95 bits per heavy atom. The summed E-state index contributed by atoms with van der Waals surface area (Å²) in [5.74, 6) is 0. The van der Waals surface area contributed by atoms with E-state index in [1.807, 2.05) is 26.0 Å². The van der Waals surface area contributed by atoms with Gasteiger partial charge in [0.15, 0.2) is 0 Å². The number of nitrogens with one attached hydrogen (secondary N) is 1. The van der Waals surface area contributed by atoms with Gasteiger partial charge in [0, 0.05) is 30.1 Å². The van der Waals surface area contributed by atoms with Crippen LogP contribution in [0.1, 0.15) is 32.3 Å². The Morgan fingerprint density at radius 1 is 1.30 bits per heavy atom. The number of hydrogen-bond donors (Lipinski definition) is 1. The maximum Gasteiger partial charge on any atom is 0.244 e. The van der Waals surface area contributed by atoms with Gasteiger partial charge in [-0.3, -0.25) is 0 Å². The van der Waals surface area contributed by atoms with Gasteiger partial charge in [-0.1, -0.05) is 19.9 Å². The van der Waals surface area contributed by atoms with Crippen molar-refractivity contribution in [3.05, 3.63) is 28.2 Å². The van der Waals surface area contributed by atoms with Crippen LogP contribution in [0.15, 0.2) is 27.6 Å². The van der Waals surface area contributed by atoms with Gasteiger partial charge >= 0.3 is 0 Å². The standard InChI is InChI=1S/C14H21BrN2O2S/c1-3-17(4-2)20(18,19)14-8-5-11(9-13(14)15)10-16-12-6-7-12/h5,8-9,12,16H,3-4,6-7,10H2,1-2H3. The van der Waals surface area contributed by atoms with Crippen LogP contribution in [0.25, 0.3) is 0 Å². The van der Waals surface area contributed by atoms with Crippen LogP contribution < -0.4 is 5.32 Å². The van der Waals surface area contributed by atoms with Crippen molar-refractivity contribution < 1.29 is 8.42 Å². The van der Waals surface area contributed by atoms with Crippen LogP contribution in [-0.4, -0.2) is 31.9 Å². The molecule has 0 spiro atoms. The third-order valence-corrected chi connectivity index (χ3v) is 6.52. The van der Waals surface area contributed by atoms with E-state index in [2.05, 4.69) is 21.2 Å². The predicted molar refractivity (Wildman–Crippen MR) is 84.1 cm³/mol. The lowest BCUT2D eigenvalue weighted by molar-refractivity contribution is 0.445. The van der Waals surface area contributed by atoms with Crippen molar-refractivity contribution in [3.63, 3.8) is 0 Å². The molecule has 1 aromatic carbocycles. The topological polar surface area (TPSA) is 49.4 Å². The summed E-state index contributed by atoms with van der Waals surface area (Å²) in [5.41, 5.74) is 1.10. The number of benzene rings is 1. The zero-order chi connectivity index (χ0) is 14.8. The second kappa shape index (κ2) is 6.56. The average Bonchev–Trinajstić information content (AvgIpc) is 3.21. The third-order valence-electron chi connectivity index (χ3n) is 3.49. The van der Waals surface area contributed by atoms with Gasteiger partial charge in [-0.05, 0) is 46.5 Å². The Balaban J connectivity index is 2.19. The minimum absolute atomic E-state index is 0.344. The minimum atomic E-state index is -3.40. The van der Waals surface area contributed by atoms with Crippen LogP contribution in [0.5, 0.6) is 0 Å². The van der Waals surface area contributed by atoms with Crippen molar-refractivity contribution in [2.24, 2.45) is 0 Å². The summed E-state index contributed by atoms with van der Waals surface area (Å²) in [6.45, 7) is 5.45. The zero-order valence-corrected chi connectivity index (χ0v) is 14.3. The van der Waals surface area contributed by atoms with Crippen molar-refractivity contribution in [2.45, 2.75) is 44.2 Å². The summed E-state index contributed by atoms with van der Waals surface area (Å²) in [6, 6.07) is 6.12. The molecule has 1 aliphatic carbocycles. The lowest BCUT2D eigenvalue weighted by atomic mass is 10.2. The summed E-state index contributed by atoms with van der Waals surface area (Å²) >= 11 is 3.40. The lowest BCUT2D eigenvalue weighted by Gasteiger charge is -2.19. The molecule has 0 amide bonds. The zero-order valence-electron chi connectivity index (χ0n) is 11.9. The molecular formula is C14H21BrN2O2S. The molecule has 112 valence electrons. The molecule has 1 aromatic rings. The summed E-state index contributed by atoms with van der Waals surface area (Å²) < 4.78 is 27.1. The van der Waals surface area contributed by atoms with Gasteiger partial charge in [-0.15, -0.1) is 0 Å². The Morgan fingerprint density at radius 3 is 2.45 bits per heavy atom. The largest absolute Gasteiger partial charge is 0.310 e. The molecule has 2 rings (SSSR count). The molecule has 1 N–H and O–H groups in total. The van der Waals surface area contributed by atoms with E-state index < -0.39 is 10.0 Å². The van der Waals surface area contributed by atoms with Gasteiger partial charge in [0.25, 0.3) is 0 Å². The van der Waals surface area contributed by atoms with Crippen molar-refractivity contribution in [3.8, 4) is 0 Å². The quantitative estimate of drug-likeness (QED) is 0.813. The Labute approximate surface area is 129 Å². The summed E-state index contributed by atoms with van der Waals surface area (Å²) in [5, 5.41) is 3.42. The smallest absolute Gasteiger partial charge is 0.244 e. The highest BCUT2D eigenvalue weighted by molar-refractivity contribution is 9.10. The van der Waals surface area contributed by atoms with Crippen molar-refractivity contribution in [1.29, 1.82) is 0 Å². The highest BCUT2D eigenvalue weighted by Crippen LogP contribution is 2.27. The van der Waals surface area contributed by atoms with Crippen LogP contribution in [0, 0.1) is 0 Å². The van der Waals surface area contributed by atoms with Crippen molar-refractivity contribution in [1.82, 2.24) is 9.62 Å². The maximum atomic E-state index is 12.5. The maximum absolute atomic E-state index is 12.5. The fraction of sp³-hybridized carbons (Fsp3) is 0.571. The molecule has 1 aliphatic rings. The van der Waals surface area contributed by atoms with Crippen LogP contribution in [-0.2, 0) is 16.6 Å². The molecule has 0 unspecified atom stereocenters. The average molecular weight is 361 g/mol. The first-order valence-electron chi connectivity index (χ1n) is 7.01. The molecule has 0 atom stereocenters. The van der Waals surface area contributed by atoms with Gasteiger partial charge in [-0.2, -0.15) is 4.31 Å². The van der Waals surface area contributed by atoms with Crippen molar-refractivity contribution in [2.75, 3.05) is 13.1 Å². The van der Waals surface area contributed by atoms with Crippen LogP contribution >= 0.6 is 15.9 Å². The molecule has 0 aliphatic heterocycles. The molecule has 1 saturated carbocycles. The van der Waals surface area contributed by atoms with Gasteiger partial charge in [-0.25, -0.2) is 8.42 Å². The first kappa shape index (κ1) is 15.9. The SMILES string of the molecule is CCN(CC)S(=O)(=O)c1ccc(CNC2CC2)cc1Br. The van der Waals surface area contributed by atoms with Gasteiger partial charge in [0.05, 0.1) is 4.90 Å². The first-order chi connectivity index (χ1) is 9.48. The monoisotopic (exact) mass is 360 g/mol. The van der Waals surface area contributed by atoms with Crippen LogP contribution in [0.4, 0.5) is 0 Å². The lowest BCUT2D eigenvalue weighted by Crippen LogP contribution is -2.30. The first-order valence-corrected chi connectivity index (χ1v) is 9.24.